The fourth-order valence-electron chi connectivity index (χ4n) is 1.49. The molecule has 0 aromatic heterocycles. The lowest BCUT2D eigenvalue weighted by Gasteiger charge is -2.19. The predicted octanol–water partition coefficient (Wildman–Crippen LogP) is 2.57. The molecule has 1 rings (SSSR count). The molecular formula is C14H19NO3. The van der Waals surface area contributed by atoms with Crippen LogP contribution in [0.15, 0.2) is 24.3 Å². The lowest BCUT2D eigenvalue weighted by Crippen LogP contribution is -2.24. The molecule has 0 amide bonds. The van der Waals surface area contributed by atoms with Crippen molar-refractivity contribution in [3.05, 3.63) is 29.8 Å². The first kappa shape index (κ1) is 14.2. The van der Waals surface area contributed by atoms with E-state index in [-0.39, 0.29) is 24.6 Å². The summed E-state index contributed by atoms with van der Waals surface area (Å²) in [6.07, 6.45) is 0.188. The van der Waals surface area contributed by atoms with Crippen LogP contribution in [0.4, 0.5) is 5.69 Å². The van der Waals surface area contributed by atoms with E-state index in [2.05, 4.69) is 0 Å². The lowest BCUT2D eigenvalue weighted by atomic mass is 10.0. The van der Waals surface area contributed by atoms with Gasteiger partial charge in [0.25, 0.3) is 0 Å². The van der Waals surface area contributed by atoms with E-state index < -0.39 is 5.60 Å². The van der Waals surface area contributed by atoms with E-state index in [0.29, 0.717) is 11.3 Å². The van der Waals surface area contributed by atoms with Gasteiger partial charge in [0.2, 0.25) is 0 Å². The molecule has 4 nitrogen and oxygen atoms in total. The first-order valence-electron chi connectivity index (χ1n) is 5.89. The molecule has 0 aliphatic heterocycles. The van der Waals surface area contributed by atoms with E-state index in [9.17, 15) is 9.59 Å². The van der Waals surface area contributed by atoms with Gasteiger partial charge in [-0.2, -0.15) is 0 Å². The minimum atomic E-state index is -0.522. The smallest absolute Gasteiger partial charge is 0.306 e. The molecule has 0 atom stereocenters. The number of Topliss-reactive ketones (excluding diaryl/α,β-unsaturated/α-hetero) is 1. The van der Waals surface area contributed by atoms with Crippen LogP contribution in [0.5, 0.6) is 0 Å². The summed E-state index contributed by atoms with van der Waals surface area (Å²) in [4.78, 5) is 23.3. The summed E-state index contributed by atoms with van der Waals surface area (Å²) in [5.74, 6) is -0.510. The van der Waals surface area contributed by atoms with Crippen molar-refractivity contribution >= 4 is 17.4 Å². The topological polar surface area (TPSA) is 69.4 Å². The Morgan fingerprint density at radius 1 is 1.17 bits per heavy atom. The van der Waals surface area contributed by atoms with E-state index in [1.54, 1.807) is 45.0 Å². The number of hydrogen-bond acceptors (Lipinski definition) is 4. The van der Waals surface area contributed by atoms with Crippen molar-refractivity contribution in [2.45, 2.75) is 39.2 Å². The van der Waals surface area contributed by atoms with Crippen molar-refractivity contribution < 1.29 is 14.3 Å². The molecule has 0 radical (unpaired) electrons. The second kappa shape index (κ2) is 5.67. The van der Waals surface area contributed by atoms with Gasteiger partial charge in [-0.05, 0) is 32.9 Å². The zero-order valence-corrected chi connectivity index (χ0v) is 11.0. The molecule has 18 heavy (non-hydrogen) atoms. The molecule has 4 heteroatoms. The molecule has 98 valence electrons. The van der Waals surface area contributed by atoms with Crippen molar-refractivity contribution in [2.24, 2.45) is 0 Å². The molecular weight excluding hydrogens is 230 g/mol. The third-order valence-electron chi connectivity index (χ3n) is 2.24. The number of rotatable bonds is 4. The second-order valence-corrected chi connectivity index (χ2v) is 5.10. The Balaban J connectivity index is 2.52. The summed E-state index contributed by atoms with van der Waals surface area (Å²) in [5.41, 5.74) is 6.07. The second-order valence-electron chi connectivity index (χ2n) is 5.10. The average molecular weight is 249 g/mol. The van der Waals surface area contributed by atoms with Crippen LogP contribution in [0, 0.1) is 0 Å². The van der Waals surface area contributed by atoms with Crippen LogP contribution >= 0.6 is 0 Å². The molecule has 0 saturated heterocycles. The summed E-state index contributed by atoms with van der Waals surface area (Å²) in [6, 6.07) is 6.84. The molecule has 0 heterocycles. The molecule has 0 aliphatic carbocycles. The number of carbonyl (C=O) groups excluding carboxylic acids is 2. The standard InChI is InChI=1S/C14H19NO3/c1-14(2,3)18-13(17)9-8-12(16)10-6-4-5-7-11(10)15/h4-7H,8-9,15H2,1-3H3. The van der Waals surface area contributed by atoms with E-state index in [1.807, 2.05) is 0 Å². The largest absolute Gasteiger partial charge is 0.460 e. The zero-order chi connectivity index (χ0) is 13.8. The predicted molar refractivity (Wildman–Crippen MR) is 70.3 cm³/mol. The molecule has 2 N–H and O–H groups in total. The van der Waals surface area contributed by atoms with Crippen LogP contribution in [0.25, 0.3) is 0 Å². The van der Waals surface area contributed by atoms with E-state index in [0.717, 1.165) is 0 Å². The molecule has 0 aliphatic rings. The van der Waals surface area contributed by atoms with Gasteiger partial charge < -0.3 is 10.5 Å². The summed E-state index contributed by atoms with van der Waals surface area (Å²) >= 11 is 0. The molecule has 1 aromatic carbocycles. The quantitative estimate of drug-likeness (QED) is 0.506. The number of anilines is 1. The number of nitrogens with two attached hydrogens (primary N) is 1. The zero-order valence-electron chi connectivity index (χ0n) is 11.0. The first-order chi connectivity index (χ1) is 8.29. The van der Waals surface area contributed by atoms with Crippen LogP contribution in [0.1, 0.15) is 44.0 Å². The summed E-state index contributed by atoms with van der Waals surface area (Å²) in [6.45, 7) is 5.38. The Bertz CT molecular complexity index is 447. The van der Waals surface area contributed by atoms with Crippen LogP contribution in [-0.4, -0.2) is 17.4 Å². The van der Waals surface area contributed by atoms with Crippen molar-refractivity contribution in [1.82, 2.24) is 0 Å². The third kappa shape index (κ3) is 4.57. The maximum atomic E-state index is 11.8. The molecule has 0 fully saturated rings. The fraction of sp³-hybridized carbons (Fsp3) is 0.429. The van der Waals surface area contributed by atoms with Crippen LogP contribution in [-0.2, 0) is 9.53 Å². The van der Waals surface area contributed by atoms with Gasteiger partial charge in [-0.15, -0.1) is 0 Å². The van der Waals surface area contributed by atoms with E-state index >= 15 is 0 Å². The minimum absolute atomic E-state index is 0.0738. The van der Waals surface area contributed by atoms with Crippen LogP contribution in [0.2, 0.25) is 0 Å². The fourth-order valence-corrected chi connectivity index (χ4v) is 1.49. The van der Waals surface area contributed by atoms with Gasteiger partial charge in [-0.25, -0.2) is 0 Å². The molecule has 0 spiro atoms. The molecule has 0 unspecified atom stereocenters. The molecule has 1 aromatic rings. The Kier molecular flexibility index (Phi) is 4.48. The first-order valence-corrected chi connectivity index (χ1v) is 5.89. The van der Waals surface area contributed by atoms with Crippen molar-refractivity contribution in [1.29, 1.82) is 0 Å². The van der Waals surface area contributed by atoms with Gasteiger partial charge >= 0.3 is 5.97 Å². The van der Waals surface area contributed by atoms with E-state index in [4.69, 9.17) is 10.5 Å². The van der Waals surface area contributed by atoms with E-state index in [1.165, 1.54) is 0 Å². The molecule has 0 bridgehead atoms. The molecule has 0 saturated carbocycles. The average Bonchev–Trinajstić information content (AvgIpc) is 2.24. The number of para-hydroxylation sites is 1. The summed E-state index contributed by atoms with van der Waals surface area (Å²) in [5, 5.41) is 0. The highest BCUT2D eigenvalue weighted by Crippen LogP contribution is 2.15. The monoisotopic (exact) mass is 249 g/mol. The maximum absolute atomic E-state index is 11.8. The number of carbonyl (C=O) groups is 2. The van der Waals surface area contributed by atoms with Crippen molar-refractivity contribution in [3.8, 4) is 0 Å². The number of ether oxygens (including phenoxy) is 1. The third-order valence-corrected chi connectivity index (χ3v) is 2.24. The van der Waals surface area contributed by atoms with Crippen LogP contribution < -0.4 is 5.73 Å². The van der Waals surface area contributed by atoms with Gasteiger partial charge in [0.05, 0.1) is 6.42 Å². The highest BCUT2D eigenvalue weighted by atomic mass is 16.6. The summed E-state index contributed by atoms with van der Waals surface area (Å²) < 4.78 is 5.13. The van der Waals surface area contributed by atoms with Gasteiger partial charge in [0, 0.05) is 17.7 Å². The van der Waals surface area contributed by atoms with Gasteiger partial charge in [-0.1, -0.05) is 12.1 Å². The number of ketones is 1. The van der Waals surface area contributed by atoms with Gasteiger partial charge in [0.15, 0.2) is 5.78 Å². The van der Waals surface area contributed by atoms with Crippen LogP contribution in [0.3, 0.4) is 0 Å². The number of nitrogen functional groups attached to an aromatic ring is 1. The lowest BCUT2D eigenvalue weighted by molar-refractivity contribution is -0.154. The minimum Gasteiger partial charge on any atom is -0.460 e. The number of hydrogen-bond donors (Lipinski definition) is 1. The van der Waals surface area contributed by atoms with Gasteiger partial charge in [-0.3, -0.25) is 9.59 Å². The Hall–Kier alpha value is -1.84. The SMILES string of the molecule is CC(C)(C)OC(=O)CCC(=O)c1ccccc1N. The highest BCUT2D eigenvalue weighted by molar-refractivity contribution is 6.01. The number of benzene rings is 1. The normalized spacial score (nSPS) is 11.1. The maximum Gasteiger partial charge on any atom is 0.306 e. The van der Waals surface area contributed by atoms with Crippen molar-refractivity contribution in [2.75, 3.05) is 5.73 Å². The Morgan fingerprint density at radius 3 is 2.33 bits per heavy atom. The highest BCUT2D eigenvalue weighted by Gasteiger charge is 2.18. The summed E-state index contributed by atoms with van der Waals surface area (Å²) in [7, 11) is 0. The number of esters is 1. The van der Waals surface area contributed by atoms with Gasteiger partial charge in [0.1, 0.15) is 5.60 Å². The Labute approximate surface area is 107 Å². The van der Waals surface area contributed by atoms with Crippen molar-refractivity contribution in [3.63, 3.8) is 0 Å². The Morgan fingerprint density at radius 2 is 1.78 bits per heavy atom.